The summed E-state index contributed by atoms with van der Waals surface area (Å²) in [6, 6.07) is 0.650. The Balaban J connectivity index is 4.23. The van der Waals surface area contributed by atoms with Gasteiger partial charge in [-0.15, -0.1) is 0 Å². The van der Waals surface area contributed by atoms with Crippen molar-refractivity contribution in [3.8, 4) is 0 Å². The van der Waals surface area contributed by atoms with Gasteiger partial charge in [-0.3, -0.25) is 0 Å². The maximum atomic E-state index is 3.66. The molecule has 0 rings (SSSR count). The molecule has 0 aliphatic rings. The number of hydrogen-bond donors (Lipinski definition) is 1. The zero-order chi connectivity index (χ0) is 10.5. The normalized spacial score (nSPS) is 15.0. The molecule has 0 aromatic carbocycles. The van der Waals surface area contributed by atoms with Gasteiger partial charge in [-0.1, -0.05) is 41.5 Å². The van der Waals surface area contributed by atoms with Crippen LogP contribution in [0.15, 0.2) is 0 Å². The van der Waals surface area contributed by atoms with Crippen LogP contribution in [-0.4, -0.2) is 12.6 Å². The molecule has 0 spiro atoms. The summed E-state index contributed by atoms with van der Waals surface area (Å²) >= 11 is 0. The Morgan fingerprint density at radius 2 is 1.69 bits per heavy atom. The van der Waals surface area contributed by atoms with Crippen molar-refractivity contribution >= 4 is 0 Å². The van der Waals surface area contributed by atoms with Gasteiger partial charge in [0.1, 0.15) is 0 Å². The molecule has 0 aliphatic heterocycles. The highest BCUT2D eigenvalue weighted by Crippen LogP contribution is 2.29. The topological polar surface area (TPSA) is 12.0 Å². The third kappa shape index (κ3) is 4.12. The number of nitrogens with one attached hydrogen (secondary N) is 1. The molecular weight excluding hydrogens is 158 g/mol. The molecule has 0 saturated carbocycles. The van der Waals surface area contributed by atoms with Crippen LogP contribution in [0.5, 0.6) is 0 Å². The average molecular weight is 185 g/mol. The van der Waals surface area contributed by atoms with Crippen LogP contribution in [0.4, 0.5) is 0 Å². The fraction of sp³-hybridized carbons (Fsp3) is 1.00. The molecule has 0 heterocycles. The van der Waals surface area contributed by atoms with Gasteiger partial charge in [-0.2, -0.15) is 0 Å². The highest BCUT2D eigenvalue weighted by Gasteiger charge is 2.29. The lowest BCUT2D eigenvalue weighted by Crippen LogP contribution is -2.45. The van der Waals surface area contributed by atoms with E-state index in [1.165, 1.54) is 12.8 Å². The molecule has 1 unspecified atom stereocenters. The summed E-state index contributed by atoms with van der Waals surface area (Å²) in [6.45, 7) is 15.0. The molecule has 0 bridgehead atoms. The second-order valence-electron chi connectivity index (χ2n) is 5.02. The van der Waals surface area contributed by atoms with Crippen molar-refractivity contribution in [2.24, 2.45) is 11.3 Å². The molecule has 0 aliphatic carbocycles. The van der Waals surface area contributed by atoms with E-state index in [2.05, 4.69) is 46.9 Å². The molecule has 13 heavy (non-hydrogen) atoms. The summed E-state index contributed by atoms with van der Waals surface area (Å²) in [5.74, 6) is 0.724. The van der Waals surface area contributed by atoms with E-state index in [1.54, 1.807) is 0 Å². The lowest BCUT2D eigenvalue weighted by atomic mass is 9.76. The van der Waals surface area contributed by atoms with E-state index < -0.39 is 0 Å². The largest absolute Gasteiger partial charge is 0.313 e. The molecule has 0 fully saturated rings. The SMILES string of the molecule is CCCNC(C(C)C)C(C)(C)CC. The standard InChI is InChI=1S/C12H27N/c1-7-9-13-11(10(3)4)12(5,6)8-2/h10-11,13H,7-9H2,1-6H3. The van der Waals surface area contributed by atoms with Crippen molar-refractivity contribution in [2.75, 3.05) is 6.54 Å². The van der Waals surface area contributed by atoms with E-state index in [-0.39, 0.29) is 0 Å². The van der Waals surface area contributed by atoms with Crippen LogP contribution < -0.4 is 5.32 Å². The molecule has 1 N–H and O–H groups in total. The van der Waals surface area contributed by atoms with Crippen LogP contribution in [0.2, 0.25) is 0 Å². The van der Waals surface area contributed by atoms with Crippen LogP contribution in [-0.2, 0) is 0 Å². The van der Waals surface area contributed by atoms with Crippen LogP contribution in [0.1, 0.15) is 54.4 Å². The summed E-state index contributed by atoms with van der Waals surface area (Å²) in [6.07, 6.45) is 2.47. The Bertz CT molecular complexity index is 127. The first-order valence-corrected chi connectivity index (χ1v) is 5.69. The van der Waals surface area contributed by atoms with Crippen molar-refractivity contribution in [3.63, 3.8) is 0 Å². The smallest absolute Gasteiger partial charge is 0.0141 e. The highest BCUT2D eigenvalue weighted by atomic mass is 14.9. The monoisotopic (exact) mass is 185 g/mol. The Labute approximate surface area is 84.3 Å². The van der Waals surface area contributed by atoms with Crippen LogP contribution >= 0.6 is 0 Å². The molecule has 1 nitrogen and oxygen atoms in total. The zero-order valence-corrected chi connectivity index (χ0v) is 10.3. The fourth-order valence-corrected chi connectivity index (χ4v) is 1.93. The van der Waals surface area contributed by atoms with Crippen molar-refractivity contribution in [1.29, 1.82) is 0 Å². The minimum absolute atomic E-state index is 0.420. The van der Waals surface area contributed by atoms with Gasteiger partial charge in [0, 0.05) is 6.04 Å². The van der Waals surface area contributed by atoms with Gasteiger partial charge in [0.05, 0.1) is 0 Å². The minimum Gasteiger partial charge on any atom is -0.313 e. The van der Waals surface area contributed by atoms with E-state index >= 15 is 0 Å². The first-order valence-electron chi connectivity index (χ1n) is 5.69. The molecule has 0 radical (unpaired) electrons. The lowest BCUT2D eigenvalue weighted by Gasteiger charge is -2.37. The molecule has 0 aromatic rings. The van der Waals surface area contributed by atoms with E-state index in [0.717, 1.165) is 12.5 Å². The molecule has 0 aromatic heterocycles. The lowest BCUT2D eigenvalue weighted by molar-refractivity contribution is 0.184. The fourth-order valence-electron chi connectivity index (χ4n) is 1.93. The van der Waals surface area contributed by atoms with Crippen molar-refractivity contribution < 1.29 is 0 Å². The van der Waals surface area contributed by atoms with E-state index in [4.69, 9.17) is 0 Å². The molecular formula is C12H27N. The third-order valence-electron chi connectivity index (χ3n) is 3.03. The van der Waals surface area contributed by atoms with Gasteiger partial charge in [0.15, 0.2) is 0 Å². The quantitative estimate of drug-likeness (QED) is 0.668. The first-order chi connectivity index (χ1) is 5.95. The summed E-state index contributed by atoms with van der Waals surface area (Å²) < 4.78 is 0. The third-order valence-corrected chi connectivity index (χ3v) is 3.03. The predicted octanol–water partition coefficient (Wildman–Crippen LogP) is 3.45. The van der Waals surface area contributed by atoms with Crippen molar-refractivity contribution in [2.45, 2.75) is 60.4 Å². The van der Waals surface area contributed by atoms with Gasteiger partial charge in [-0.05, 0) is 30.7 Å². The second-order valence-corrected chi connectivity index (χ2v) is 5.02. The maximum absolute atomic E-state index is 3.66. The molecule has 80 valence electrons. The van der Waals surface area contributed by atoms with Gasteiger partial charge in [0.2, 0.25) is 0 Å². The Hall–Kier alpha value is -0.0400. The first kappa shape index (κ1) is 13.0. The Morgan fingerprint density at radius 3 is 2.00 bits per heavy atom. The van der Waals surface area contributed by atoms with Crippen LogP contribution in [0, 0.1) is 11.3 Å². The van der Waals surface area contributed by atoms with Crippen molar-refractivity contribution in [3.05, 3.63) is 0 Å². The predicted molar refractivity (Wildman–Crippen MR) is 61.0 cm³/mol. The van der Waals surface area contributed by atoms with Crippen molar-refractivity contribution in [1.82, 2.24) is 5.32 Å². The second kappa shape index (κ2) is 5.64. The average Bonchev–Trinajstić information content (AvgIpc) is 2.04. The summed E-state index contributed by atoms with van der Waals surface area (Å²) in [5.41, 5.74) is 0.420. The van der Waals surface area contributed by atoms with E-state index in [0.29, 0.717) is 11.5 Å². The van der Waals surface area contributed by atoms with E-state index in [9.17, 15) is 0 Å². The van der Waals surface area contributed by atoms with Gasteiger partial charge in [0.25, 0.3) is 0 Å². The molecule has 0 saturated heterocycles. The van der Waals surface area contributed by atoms with Crippen LogP contribution in [0.25, 0.3) is 0 Å². The van der Waals surface area contributed by atoms with E-state index in [1.807, 2.05) is 0 Å². The van der Waals surface area contributed by atoms with Gasteiger partial charge >= 0.3 is 0 Å². The Morgan fingerprint density at radius 1 is 1.15 bits per heavy atom. The summed E-state index contributed by atoms with van der Waals surface area (Å²) in [7, 11) is 0. The molecule has 0 amide bonds. The zero-order valence-electron chi connectivity index (χ0n) is 10.3. The summed E-state index contributed by atoms with van der Waals surface area (Å²) in [5, 5.41) is 3.66. The minimum atomic E-state index is 0.420. The summed E-state index contributed by atoms with van der Waals surface area (Å²) in [4.78, 5) is 0. The number of hydrogen-bond acceptors (Lipinski definition) is 1. The maximum Gasteiger partial charge on any atom is 0.0141 e. The van der Waals surface area contributed by atoms with Gasteiger partial charge in [-0.25, -0.2) is 0 Å². The molecule has 1 heteroatoms. The Kier molecular flexibility index (Phi) is 5.62. The highest BCUT2D eigenvalue weighted by molar-refractivity contribution is 4.85. The van der Waals surface area contributed by atoms with Crippen LogP contribution in [0.3, 0.4) is 0 Å². The molecule has 1 atom stereocenters. The van der Waals surface area contributed by atoms with Gasteiger partial charge < -0.3 is 5.32 Å². The number of rotatable bonds is 6.